The van der Waals surface area contributed by atoms with Crippen LogP contribution >= 0.6 is 23.2 Å². The molecule has 1 unspecified atom stereocenters. The summed E-state index contributed by atoms with van der Waals surface area (Å²) < 4.78 is 4.71. The smallest absolute Gasteiger partial charge is 0.328 e. The van der Waals surface area contributed by atoms with Crippen LogP contribution in [0.25, 0.3) is 0 Å². The van der Waals surface area contributed by atoms with Crippen LogP contribution in [0, 0.1) is 5.92 Å². The summed E-state index contributed by atoms with van der Waals surface area (Å²) in [6, 6.07) is 0.920. The Hall–Kier alpha value is -1.20. The first-order valence-corrected chi connectivity index (χ1v) is 6.08. The monoisotopic (exact) mass is 291 g/mol. The third-order valence-electron chi connectivity index (χ3n) is 2.37. The highest BCUT2D eigenvalue weighted by Crippen LogP contribution is 2.28. The number of rotatable bonds is 4. The maximum absolute atomic E-state index is 11.6. The van der Waals surface area contributed by atoms with Crippen LogP contribution in [0.4, 0.5) is 11.6 Å². The van der Waals surface area contributed by atoms with Crippen LogP contribution in [0.1, 0.15) is 13.8 Å². The van der Waals surface area contributed by atoms with E-state index in [1.807, 2.05) is 13.8 Å². The van der Waals surface area contributed by atoms with Crippen molar-refractivity contribution in [1.82, 2.24) is 4.98 Å². The number of hydrogen-bond donors (Lipinski definition) is 2. The van der Waals surface area contributed by atoms with E-state index in [1.165, 1.54) is 13.2 Å². The van der Waals surface area contributed by atoms with Crippen molar-refractivity contribution in [2.24, 2.45) is 5.92 Å². The molecule has 1 atom stereocenters. The normalized spacial score (nSPS) is 12.3. The Bertz CT molecular complexity index is 452. The van der Waals surface area contributed by atoms with Crippen LogP contribution in [0.3, 0.4) is 0 Å². The van der Waals surface area contributed by atoms with Crippen molar-refractivity contribution in [2.75, 3.05) is 18.2 Å². The van der Waals surface area contributed by atoms with Gasteiger partial charge in [0.15, 0.2) is 0 Å². The van der Waals surface area contributed by atoms with E-state index < -0.39 is 12.0 Å². The molecule has 5 nitrogen and oxygen atoms in total. The fraction of sp³-hybridized carbons (Fsp3) is 0.455. The Morgan fingerprint density at radius 1 is 1.44 bits per heavy atom. The van der Waals surface area contributed by atoms with Crippen LogP contribution in [-0.4, -0.2) is 24.1 Å². The number of nitrogens with zero attached hydrogens (tertiary/aromatic N) is 1. The summed E-state index contributed by atoms with van der Waals surface area (Å²) in [7, 11) is 1.32. The zero-order valence-corrected chi connectivity index (χ0v) is 11.8. The molecule has 0 aromatic carbocycles. The van der Waals surface area contributed by atoms with Gasteiger partial charge in [-0.25, -0.2) is 9.78 Å². The molecule has 3 N–H and O–H groups in total. The standard InChI is InChI=1S/C11H15Cl2N3O2/c1-5(2)8(11(17)18-3)15-10-7(13)4-6(12)9(14)16-10/h4-5,8H,1-3H3,(H3,14,15,16). The van der Waals surface area contributed by atoms with Gasteiger partial charge in [-0.15, -0.1) is 0 Å². The minimum atomic E-state index is -0.555. The molecule has 0 fully saturated rings. The molecule has 18 heavy (non-hydrogen) atoms. The van der Waals surface area contributed by atoms with Crippen LogP contribution in [-0.2, 0) is 9.53 Å². The summed E-state index contributed by atoms with van der Waals surface area (Å²) in [6.07, 6.45) is 0. The number of esters is 1. The maximum atomic E-state index is 11.6. The molecule has 7 heteroatoms. The van der Waals surface area contributed by atoms with Gasteiger partial charge >= 0.3 is 5.97 Å². The number of methoxy groups -OCH3 is 1. The Kier molecular flexibility index (Phi) is 5.04. The first-order valence-electron chi connectivity index (χ1n) is 5.32. The van der Waals surface area contributed by atoms with Crippen molar-refractivity contribution in [3.63, 3.8) is 0 Å². The van der Waals surface area contributed by atoms with Gasteiger partial charge in [0.1, 0.15) is 17.7 Å². The van der Waals surface area contributed by atoms with Crippen LogP contribution in [0.2, 0.25) is 10.0 Å². The number of ether oxygens (including phenoxy) is 1. The first kappa shape index (κ1) is 14.9. The number of anilines is 2. The first-order chi connectivity index (χ1) is 8.36. The zero-order chi connectivity index (χ0) is 13.9. The maximum Gasteiger partial charge on any atom is 0.328 e. The number of nitrogen functional groups attached to an aromatic ring is 1. The highest BCUT2D eigenvalue weighted by atomic mass is 35.5. The van der Waals surface area contributed by atoms with Crippen molar-refractivity contribution < 1.29 is 9.53 Å². The molecule has 0 bridgehead atoms. The molecule has 1 rings (SSSR count). The molecule has 1 aromatic rings. The Morgan fingerprint density at radius 3 is 2.56 bits per heavy atom. The summed E-state index contributed by atoms with van der Waals surface area (Å²) in [5.74, 6) is 0.0715. The van der Waals surface area contributed by atoms with Gasteiger partial charge in [-0.3, -0.25) is 0 Å². The van der Waals surface area contributed by atoms with E-state index in [4.69, 9.17) is 33.7 Å². The largest absolute Gasteiger partial charge is 0.467 e. The lowest BCUT2D eigenvalue weighted by molar-refractivity contribution is -0.142. The summed E-state index contributed by atoms with van der Waals surface area (Å²) in [5.41, 5.74) is 5.59. The highest BCUT2D eigenvalue weighted by Gasteiger charge is 2.24. The van der Waals surface area contributed by atoms with Gasteiger partial charge in [-0.1, -0.05) is 37.0 Å². The second-order valence-electron chi connectivity index (χ2n) is 4.08. The van der Waals surface area contributed by atoms with E-state index in [1.54, 1.807) is 0 Å². The summed E-state index contributed by atoms with van der Waals surface area (Å²) in [4.78, 5) is 15.6. The average Bonchev–Trinajstić information content (AvgIpc) is 2.30. The Labute approximate surface area is 116 Å². The van der Waals surface area contributed by atoms with Crippen molar-refractivity contribution in [2.45, 2.75) is 19.9 Å². The molecule has 0 aliphatic heterocycles. The van der Waals surface area contributed by atoms with Gasteiger partial charge in [-0.05, 0) is 12.0 Å². The predicted molar refractivity (Wildman–Crippen MR) is 72.9 cm³/mol. The third kappa shape index (κ3) is 3.40. The second kappa shape index (κ2) is 6.11. The average molecular weight is 292 g/mol. The molecule has 0 saturated carbocycles. The molecule has 1 aromatic heterocycles. The van der Waals surface area contributed by atoms with E-state index >= 15 is 0 Å². The van der Waals surface area contributed by atoms with Gasteiger partial charge in [0.2, 0.25) is 0 Å². The Balaban J connectivity index is 3.01. The predicted octanol–water partition coefficient (Wildman–Crippen LogP) is 2.58. The number of carbonyl (C=O) groups excluding carboxylic acids is 1. The molecule has 0 radical (unpaired) electrons. The molecule has 1 heterocycles. The van der Waals surface area contributed by atoms with Gasteiger partial charge in [0.25, 0.3) is 0 Å². The van der Waals surface area contributed by atoms with E-state index in [0.717, 1.165) is 0 Å². The number of hydrogen-bond acceptors (Lipinski definition) is 5. The van der Waals surface area contributed by atoms with E-state index in [2.05, 4.69) is 10.3 Å². The van der Waals surface area contributed by atoms with Crippen LogP contribution in [0.15, 0.2) is 6.07 Å². The molecule has 0 saturated heterocycles. The molecule has 0 aliphatic carbocycles. The van der Waals surface area contributed by atoms with Crippen LogP contribution in [0.5, 0.6) is 0 Å². The fourth-order valence-corrected chi connectivity index (χ4v) is 1.77. The quantitative estimate of drug-likeness (QED) is 0.834. The second-order valence-corrected chi connectivity index (χ2v) is 4.89. The van der Waals surface area contributed by atoms with E-state index in [9.17, 15) is 4.79 Å². The zero-order valence-electron chi connectivity index (χ0n) is 10.3. The summed E-state index contributed by atoms with van der Waals surface area (Å²) in [5, 5.41) is 3.47. The number of halogens is 2. The number of aromatic nitrogens is 1. The molecule has 0 spiro atoms. The molecular formula is C11H15Cl2N3O2. The van der Waals surface area contributed by atoms with Gasteiger partial charge < -0.3 is 15.8 Å². The highest BCUT2D eigenvalue weighted by molar-refractivity contribution is 6.37. The SMILES string of the molecule is COC(=O)C(Nc1nc(N)c(Cl)cc1Cl)C(C)C. The van der Waals surface area contributed by atoms with Crippen molar-refractivity contribution >= 4 is 40.8 Å². The fourth-order valence-electron chi connectivity index (χ4n) is 1.35. The van der Waals surface area contributed by atoms with Gasteiger partial charge in [0.05, 0.1) is 17.2 Å². The molecule has 100 valence electrons. The topological polar surface area (TPSA) is 77.2 Å². The number of carbonyl (C=O) groups is 1. The number of nitrogens with two attached hydrogens (primary N) is 1. The van der Waals surface area contributed by atoms with Crippen molar-refractivity contribution in [3.8, 4) is 0 Å². The van der Waals surface area contributed by atoms with E-state index in [0.29, 0.717) is 10.8 Å². The molecular weight excluding hydrogens is 277 g/mol. The minimum Gasteiger partial charge on any atom is -0.467 e. The van der Waals surface area contributed by atoms with E-state index in [-0.39, 0.29) is 16.8 Å². The lowest BCUT2D eigenvalue weighted by atomic mass is 10.0. The van der Waals surface area contributed by atoms with Gasteiger partial charge in [-0.2, -0.15) is 0 Å². The lowest BCUT2D eigenvalue weighted by Crippen LogP contribution is -2.35. The van der Waals surface area contributed by atoms with Crippen molar-refractivity contribution in [1.29, 1.82) is 0 Å². The van der Waals surface area contributed by atoms with Crippen LogP contribution < -0.4 is 11.1 Å². The minimum absolute atomic E-state index is 0.00668. The Morgan fingerprint density at radius 2 is 2.06 bits per heavy atom. The number of pyridine rings is 1. The third-order valence-corrected chi connectivity index (χ3v) is 2.96. The van der Waals surface area contributed by atoms with Gasteiger partial charge in [0, 0.05) is 0 Å². The number of nitrogens with one attached hydrogen (secondary N) is 1. The lowest BCUT2D eigenvalue weighted by Gasteiger charge is -2.21. The van der Waals surface area contributed by atoms with Crippen molar-refractivity contribution in [3.05, 3.63) is 16.1 Å². The summed E-state index contributed by atoms with van der Waals surface area (Å²) in [6.45, 7) is 3.75. The summed E-state index contributed by atoms with van der Waals surface area (Å²) >= 11 is 11.8. The molecule has 0 amide bonds. The molecule has 0 aliphatic rings.